The van der Waals surface area contributed by atoms with Crippen molar-refractivity contribution in [3.63, 3.8) is 0 Å². The highest BCUT2D eigenvalue weighted by Gasteiger charge is 2.18. The summed E-state index contributed by atoms with van der Waals surface area (Å²) in [5.74, 6) is 1.81. The molecule has 1 aliphatic carbocycles. The first kappa shape index (κ1) is 19.6. The monoisotopic (exact) mass is 347 g/mol. The molecule has 1 fully saturated rings. The molecule has 0 amide bonds. The molecule has 0 atom stereocenters. The quantitative estimate of drug-likeness (QED) is 0.408. The van der Waals surface area contributed by atoms with Gasteiger partial charge in [0.05, 0.1) is 6.10 Å². The summed E-state index contributed by atoms with van der Waals surface area (Å²) in [4.78, 5) is 4.28. The van der Waals surface area contributed by atoms with Gasteiger partial charge in [0.2, 0.25) is 0 Å². The van der Waals surface area contributed by atoms with Crippen LogP contribution in [0.5, 0.6) is 5.75 Å². The number of nitrogens with one attached hydrogen (secondary N) is 2. The number of benzene rings is 1. The van der Waals surface area contributed by atoms with Crippen LogP contribution >= 0.6 is 0 Å². The van der Waals surface area contributed by atoms with E-state index in [4.69, 9.17) is 9.47 Å². The number of aliphatic imine (C=N–C) groups is 1. The number of guanidine groups is 1. The predicted molar refractivity (Wildman–Crippen MR) is 103 cm³/mol. The Labute approximate surface area is 152 Å². The maximum absolute atomic E-state index is 6.26. The van der Waals surface area contributed by atoms with Crippen LogP contribution < -0.4 is 15.4 Å². The molecule has 5 nitrogen and oxygen atoms in total. The molecule has 0 aliphatic heterocycles. The maximum Gasteiger partial charge on any atom is 0.191 e. The van der Waals surface area contributed by atoms with E-state index in [1.165, 1.54) is 36.8 Å². The second-order valence-corrected chi connectivity index (χ2v) is 6.54. The van der Waals surface area contributed by atoms with Gasteiger partial charge in [-0.3, -0.25) is 4.99 Å². The van der Waals surface area contributed by atoms with E-state index in [9.17, 15) is 0 Å². The lowest BCUT2D eigenvalue weighted by Crippen LogP contribution is -2.37. The van der Waals surface area contributed by atoms with Crippen LogP contribution in [0.2, 0.25) is 0 Å². The Morgan fingerprint density at radius 1 is 1.24 bits per heavy atom. The molecular formula is C20H33N3O2. The van der Waals surface area contributed by atoms with E-state index in [0.29, 0.717) is 12.6 Å². The van der Waals surface area contributed by atoms with Crippen LogP contribution in [-0.4, -0.2) is 38.9 Å². The molecule has 0 aromatic heterocycles. The molecule has 1 aromatic carbocycles. The van der Waals surface area contributed by atoms with Gasteiger partial charge in [-0.1, -0.05) is 12.1 Å². The average Bonchev–Trinajstić information content (AvgIpc) is 3.12. The Balaban J connectivity index is 1.85. The van der Waals surface area contributed by atoms with Crippen LogP contribution in [0.15, 0.2) is 23.2 Å². The number of rotatable bonds is 9. The Kier molecular flexibility index (Phi) is 8.60. The second kappa shape index (κ2) is 11.0. The first-order valence-electron chi connectivity index (χ1n) is 9.51. The van der Waals surface area contributed by atoms with Gasteiger partial charge in [0, 0.05) is 38.9 Å². The van der Waals surface area contributed by atoms with Crippen LogP contribution in [-0.2, 0) is 11.3 Å². The van der Waals surface area contributed by atoms with E-state index < -0.39 is 0 Å². The number of hydrogen-bond acceptors (Lipinski definition) is 3. The molecule has 2 rings (SSSR count). The molecule has 2 N–H and O–H groups in total. The third kappa shape index (κ3) is 6.94. The molecule has 0 radical (unpaired) electrons. The normalized spacial score (nSPS) is 15.4. The lowest BCUT2D eigenvalue weighted by Gasteiger charge is -2.18. The summed E-state index contributed by atoms with van der Waals surface area (Å²) in [6.07, 6.45) is 6.24. The van der Waals surface area contributed by atoms with Crippen molar-refractivity contribution in [1.82, 2.24) is 10.6 Å². The van der Waals surface area contributed by atoms with Crippen molar-refractivity contribution in [2.45, 2.75) is 58.6 Å². The Hall–Kier alpha value is -1.75. The Bertz CT molecular complexity index is 540. The van der Waals surface area contributed by atoms with Gasteiger partial charge in [-0.05, 0) is 57.6 Å². The van der Waals surface area contributed by atoms with E-state index in [1.54, 1.807) is 7.05 Å². The third-order valence-corrected chi connectivity index (χ3v) is 4.45. The molecule has 25 heavy (non-hydrogen) atoms. The zero-order chi connectivity index (χ0) is 17.9. The van der Waals surface area contributed by atoms with E-state index in [0.717, 1.165) is 37.9 Å². The highest BCUT2D eigenvalue weighted by atomic mass is 16.5. The van der Waals surface area contributed by atoms with Gasteiger partial charge >= 0.3 is 0 Å². The van der Waals surface area contributed by atoms with Gasteiger partial charge in [-0.15, -0.1) is 0 Å². The number of ether oxygens (including phenoxy) is 2. The van der Waals surface area contributed by atoms with Crippen LogP contribution in [0.4, 0.5) is 0 Å². The minimum Gasteiger partial charge on any atom is -0.490 e. The van der Waals surface area contributed by atoms with Gasteiger partial charge in [-0.2, -0.15) is 0 Å². The summed E-state index contributed by atoms with van der Waals surface area (Å²) in [6, 6.07) is 6.43. The molecule has 0 unspecified atom stereocenters. The summed E-state index contributed by atoms with van der Waals surface area (Å²) in [5.41, 5.74) is 2.41. The van der Waals surface area contributed by atoms with Gasteiger partial charge in [0.15, 0.2) is 5.96 Å². The molecular weight excluding hydrogens is 314 g/mol. The predicted octanol–water partition coefficient (Wildman–Crippen LogP) is 3.41. The number of nitrogens with zero attached hydrogens (tertiary/aromatic N) is 1. The molecule has 140 valence electrons. The number of aryl methyl sites for hydroxylation is 1. The van der Waals surface area contributed by atoms with Gasteiger partial charge in [0.1, 0.15) is 5.75 Å². The number of hydrogen-bond donors (Lipinski definition) is 2. The maximum atomic E-state index is 6.26. The summed E-state index contributed by atoms with van der Waals surface area (Å²) in [5, 5.41) is 6.70. The lowest BCUT2D eigenvalue weighted by atomic mass is 10.1. The minimum absolute atomic E-state index is 0.372. The van der Waals surface area contributed by atoms with Gasteiger partial charge in [0.25, 0.3) is 0 Å². The molecule has 1 aromatic rings. The standard InChI is InChI=1S/C20H33N3O2/c1-4-24-13-7-12-22-20(21-3)23-15-17-11-10-16(2)14-19(17)25-18-8-5-6-9-18/h10-11,14,18H,4-9,12-13,15H2,1-3H3,(H2,21,22,23). The molecule has 0 bridgehead atoms. The summed E-state index contributed by atoms with van der Waals surface area (Å²) in [7, 11) is 1.79. The van der Waals surface area contributed by atoms with Crippen molar-refractivity contribution in [3.8, 4) is 5.75 Å². The van der Waals surface area contributed by atoms with Gasteiger partial charge in [-0.25, -0.2) is 0 Å². The largest absolute Gasteiger partial charge is 0.490 e. The van der Waals surface area contributed by atoms with E-state index >= 15 is 0 Å². The Morgan fingerprint density at radius 3 is 2.76 bits per heavy atom. The van der Waals surface area contributed by atoms with E-state index in [-0.39, 0.29) is 0 Å². The molecule has 0 spiro atoms. The zero-order valence-electron chi connectivity index (χ0n) is 15.9. The summed E-state index contributed by atoms with van der Waals surface area (Å²) >= 11 is 0. The smallest absolute Gasteiger partial charge is 0.191 e. The lowest BCUT2D eigenvalue weighted by molar-refractivity contribution is 0.145. The van der Waals surface area contributed by atoms with Crippen molar-refractivity contribution in [2.24, 2.45) is 4.99 Å². The van der Waals surface area contributed by atoms with Crippen LogP contribution in [0, 0.1) is 6.92 Å². The molecule has 0 heterocycles. The van der Waals surface area contributed by atoms with Crippen molar-refractivity contribution in [2.75, 3.05) is 26.8 Å². The van der Waals surface area contributed by atoms with Crippen LogP contribution in [0.3, 0.4) is 0 Å². The topological polar surface area (TPSA) is 54.9 Å². The fourth-order valence-electron chi connectivity index (χ4n) is 3.03. The van der Waals surface area contributed by atoms with Crippen molar-refractivity contribution >= 4 is 5.96 Å². The van der Waals surface area contributed by atoms with Crippen molar-refractivity contribution in [1.29, 1.82) is 0 Å². The van der Waals surface area contributed by atoms with Crippen molar-refractivity contribution < 1.29 is 9.47 Å². The fourth-order valence-corrected chi connectivity index (χ4v) is 3.03. The molecule has 0 saturated heterocycles. The molecule has 1 aliphatic rings. The molecule has 5 heteroatoms. The first-order valence-corrected chi connectivity index (χ1v) is 9.51. The minimum atomic E-state index is 0.372. The summed E-state index contributed by atoms with van der Waals surface area (Å²) in [6.45, 7) is 7.22. The SMILES string of the molecule is CCOCCCNC(=NC)NCc1ccc(C)cc1OC1CCCC1. The van der Waals surface area contributed by atoms with Crippen LogP contribution in [0.1, 0.15) is 50.2 Å². The Morgan fingerprint density at radius 2 is 2.04 bits per heavy atom. The second-order valence-electron chi connectivity index (χ2n) is 6.54. The molecule has 1 saturated carbocycles. The fraction of sp³-hybridized carbons (Fsp3) is 0.650. The highest BCUT2D eigenvalue weighted by Crippen LogP contribution is 2.27. The highest BCUT2D eigenvalue weighted by molar-refractivity contribution is 5.79. The first-order chi connectivity index (χ1) is 12.2. The van der Waals surface area contributed by atoms with E-state index in [1.807, 2.05) is 6.92 Å². The van der Waals surface area contributed by atoms with Crippen molar-refractivity contribution in [3.05, 3.63) is 29.3 Å². The van der Waals surface area contributed by atoms with Crippen LogP contribution in [0.25, 0.3) is 0 Å². The van der Waals surface area contributed by atoms with Gasteiger partial charge < -0.3 is 20.1 Å². The zero-order valence-corrected chi connectivity index (χ0v) is 15.9. The third-order valence-electron chi connectivity index (χ3n) is 4.45. The average molecular weight is 348 g/mol. The summed E-state index contributed by atoms with van der Waals surface area (Å²) < 4.78 is 11.6. The van der Waals surface area contributed by atoms with E-state index in [2.05, 4.69) is 40.7 Å².